The summed E-state index contributed by atoms with van der Waals surface area (Å²) in [5, 5.41) is 0. The van der Waals surface area contributed by atoms with Crippen LogP contribution in [0.25, 0.3) is 0 Å². The van der Waals surface area contributed by atoms with Crippen molar-refractivity contribution < 1.29 is 4.18 Å². The lowest BCUT2D eigenvalue weighted by atomic mass is 10.4. The lowest BCUT2D eigenvalue weighted by Crippen LogP contribution is -1.95. The number of hydrogen-bond acceptors (Lipinski definition) is 2. The van der Waals surface area contributed by atoms with E-state index in [1.54, 1.807) is 12.0 Å². The van der Waals surface area contributed by atoms with Crippen LogP contribution in [0.5, 0.6) is 0 Å². The molecule has 0 N–H and O–H groups in total. The third-order valence-electron chi connectivity index (χ3n) is 0.789. The van der Waals surface area contributed by atoms with Gasteiger partial charge in [0.2, 0.25) is 0 Å². The predicted octanol–water partition coefficient (Wildman–Crippen LogP) is 1.56. The quantitative estimate of drug-likeness (QED) is 0.470. The largest absolute Gasteiger partial charge is 0.315 e. The second kappa shape index (κ2) is 4.81. The Bertz CT molecular complexity index is 25.2. The second-order valence-corrected chi connectivity index (χ2v) is 2.23. The van der Waals surface area contributed by atoms with E-state index in [9.17, 15) is 0 Å². The van der Waals surface area contributed by atoms with Gasteiger partial charge in [0.05, 0.1) is 6.61 Å². The van der Waals surface area contributed by atoms with Crippen molar-refractivity contribution in [2.75, 3.05) is 12.4 Å². The summed E-state index contributed by atoms with van der Waals surface area (Å²) in [7, 11) is 0. The second-order valence-electron chi connectivity index (χ2n) is 1.35. The average Bonchev–Trinajstić information content (AvgIpc) is 1.72. The summed E-state index contributed by atoms with van der Waals surface area (Å²) in [6.07, 6.45) is 2.59. The van der Waals surface area contributed by atoms with E-state index in [0.29, 0.717) is 0 Å². The fraction of sp³-hybridized carbons (Fsp3) is 1.00. The fourth-order valence-electron chi connectivity index (χ4n) is 0.440. The van der Waals surface area contributed by atoms with Crippen molar-refractivity contribution in [3.63, 3.8) is 0 Å². The van der Waals surface area contributed by atoms with Gasteiger partial charge in [-0.05, 0) is 24.9 Å². The first-order chi connectivity index (χ1) is 3.00. The van der Waals surface area contributed by atoms with Crippen LogP contribution < -0.4 is 0 Å². The van der Waals surface area contributed by atoms with Gasteiger partial charge in [0.1, 0.15) is 0 Å². The smallest absolute Gasteiger partial charge is 0.0614 e. The van der Waals surface area contributed by atoms with Crippen molar-refractivity contribution in [3.8, 4) is 0 Å². The molecule has 0 aromatic carbocycles. The maximum absolute atomic E-state index is 4.99. The van der Waals surface area contributed by atoms with Crippen LogP contribution in [0.3, 0.4) is 0 Å². The molecule has 3 heteroatoms. The summed E-state index contributed by atoms with van der Waals surface area (Å²) < 4.78 is 4.99. The normalized spacial score (nSPS) is 20.6. The van der Waals surface area contributed by atoms with E-state index in [1.165, 1.54) is 18.6 Å². The Morgan fingerprint density at radius 1 is 1.29 bits per heavy atom. The molecule has 1 heterocycles. The third-order valence-corrected chi connectivity index (χ3v) is 1.58. The maximum atomic E-state index is 4.99. The minimum Gasteiger partial charge on any atom is -0.315 e. The van der Waals surface area contributed by atoms with Crippen LogP contribution in [0.2, 0.25) is 0 Å². The molecule has 1 aliphatic heterocycles. The minimum absolute atomic E-state index is 0. The Kier molecular flexibility index (Phi) is 5.26. The van der Waals surface area contributed by atoms with Gasteiger partial charge in [-0.25, -0.2) is 0 Å². The highest BCUT2D eigenvalue weighted by Gasteiger charge is 1.96. The molecule has 0 saturated carbocycles. The molecular formula is C4H10OS2. The fourth-order valence-corrected chi connectivity index (χ4v) is 1.12. The Morgan fingerprint density at radius 2 is 2.14 bits per heavy atom. The van der Waals surface area contributed by atoms with Crippen molar-refractivity contribution in [1.82, 2.24) is 0 Å². The van der Waals surface area contributed by atoms with E-state index >= 15 is 0 Å². The van der Waals surface area contributed by atoms with E-state index in [1.807, 2.05) is 0 Å². The Hall–Kier alpha value is 0.660. The average molecular weight is 138 g/mol. The van der Waals surface area contributed by atoms with E-state index < -0.39 is 0 Å². The highest BCUT2D eigenvalue weighted by Crippen LogP contribution is 2.12. The molecule has 1 fully saturated rings. The number of hydrogen-bond donors (Lipinski definition) is 0. The van der Waals surface area contributed by atoms with Crippen molar-refractivity contribution in [3.05, 3.63) is 0 Å². The molecule has 0 aromatic heterocycles. The molecule has 1 saturated heterocycles. The van der Waals surface area contributed by atoms with E-state index in [0.717, 1.165) is 6.61 Å². The molecule has 0 unspecified atom stereocenters. The van der Waals surface area contributed by atoms with E-state index in [-0.39, 0.29) is 13.5 Å². The van der Waals surface area contributed by atoms with Crippen LogP contribution in [0.1, 0.15) is 12.8 Å². The van der Waals surface area contributed by atoms with Gasteiger partial charge in [-0.15, -0.1) is 0 Å². The van der Waals surface area contributed by atoms with Crippen molar-refractivity contribution in [2.24, 2.45) is 0 Å². The Morgan fingerprint density at radius 3 is 2.29 bits per heavy atom. The zero-order valence-corrected chi connectivity index (χ0v) is 5.96. The molecule has 0 aliphatic carbocycles. The van der Waals surface area contributed by atoms with Gasteiger partial charge in [-0.3, -0.25) is 0 Å². The standard InChI is InChI=1S/C4H8OS.H2S/c1-2-4-6-5-3-1;/h1-4H2;1H2. The highest BCUT2D eigenvalue weighted by atomic mass is 32.2. The molecule has 0 amide bonds. The molecule has 44 valence electrons. The molecule has 1 aliphatic rings. The van der Waals surface area contributed by atoms with Crippen LogP contribution in [-0.4, -0.2) is 12.4 Å². The first kappa shape index (κ1) is 7.66. The molecule has 0 aromatic rings. The number of rotatable bonds is 0. The first-order valence-electron chi connectivity index (χ1n) is 2.24. The minimum atomic E-state index is 0. The van der Waals surface area contributed by atoms with Gasteiger partial charge in [-0.1, -0.05) is 0 Å². The SMILES string of the molecule is C1CCSOC1.S. The van der Waals surface area contributed by atoms with Gasteiger partial charge in [0.15, 0.2) is 0 Å². The van der Waals surface area contributed by atoms with Gasteiger partial charge in [0, 0.05) is 5.75 Å². The predicted molar refractivity (Wildman–Crippen MR) is 38.0 cm³/mol. The van der Waals surface area contributed by atoms with Crippen molar-refractivity contribution in [2.45, 2.75) is 12.8 Å². The Labute approximate surface area is 55.5 Å². The van der Waals surface area contributed by atoms with Crippen LogP contribution in [-0.2, 0) is 4.18 Å². The Balaban J connectivity index is 0.000000360. The lowest BCUT2D eigenvalue weighted by molar-refractivity contribution is 0.346. The van der Waals surface area contributed by atoms with Crippen molar-refractivity contribution in [1.29, 1.82) is 0 Å². The van der Waals surface area contributed by atoms with Gasteiger partial charge >= 0.3 is 0 Å². The zero-order valence-electron chi connectivity index (χ0n) is 4.14. The molecular weight excluding hydrogens is 128 g/mol. The third kappa shape index (κ3) is 3.26. The summed E-state index contributed by atoms with van der Waals surface area (Å²) in [6, 6.07) is 0. The topological polar surface area (TPSA) is 9.23 Å². The summed E-state index contributed by atoms with van der Waals surface area (Å²) in [5.41, 5.74) is 0. The van der Waals surface area contributed by atoms with E-state index in [4.69, 9.17) is 4.18 Å². The van der Waals surface area contributed by atoms with Gasteiger partial charge < -0.3 is 4.18 Å². The van der Waals surface area contributed by atoms with Crippen molar-refractivity contribution >= 4 is 25.5 Å². The first-order valence-corrected chi connectivity index (χ1v) is 3.15. The summed E-state index contributed by atoms with van der Waals surface area (Å²) >= 11 is 1.59. The van der Waals surface area contributed by atoms with Crippen LogP contribution in [0.4, 0.5) is 0 Å². The summed E-state index contributed by atoms with van der Waals surface area (Å²) in [6.45, 7) is 0.963. The van der Waals surface area contributed by atoms with E-state index in [2.05, 4.69) is 0 Å². The van der Waals surface area contributed by atoms with Crippen LogP contribution in [0.15, 0.2) is 0 Å². The summed E-state index contributed by atoms with van der Waals surface area (Å²) in [5.74, 6) is 1.19. The molecule has 0 atom stereocenters. The van der Waals surface area contributed by atoms with Gasteiger partial charge in [-0.2, -0.15) is 13.5 Å². The summed E-state index contributed by atoms with van der Waals surface area (Å²) in [4.78, 5) is 0. The zero-order chi connectivity index (χ0) is 4.24. The molecule has 1 rings (SSSR count). The molecule has 1 nitrogen and oxygen atoms in total. The van der Waals surface area contributed by atoms with Crippen LogP contribution >= 0.6 is 25.5 Å². The molecule has 0 spiro atoms. The lowest BCUT2D eigenvalue weighted by Gasteiger charge is -2.06. The molecule has 7 heavy (non-hydrogen) atoms. The highest BCUT2D eigenvalue weighted by molar-refractivity contribution is 7.94. The maximum Gasteiger partial charge on any atom is 0.0614 e. The van der Waals surface area contributed by atoms with Gasteiger partial charge in [0.25, 0.3) is 0 Å². The molecule has 0 bridgehead atoms. The van der Waals surface area contributed by atoms with Crippen LogP contribution in [0, 0.1) is 0 Å². The monoisotopic (exact) mass is 138 g/mol. The molecule has 0 radical (unpaired) electrons.